The zero-order valence-corrected chi connectivity index (χ0v) is 8.98. The van der Waals surface area contributed by atoms with Gasteiger partial charge in [-0.05, 0) is 12.8 Å². The fraction of sp³-hybridized carbons (Fsp3) is 0.333. The molecule has 1 fully saturated rings. The fourth-order valence-corrected chi connectivity index (χ4v) is 1.74. The first-order valence-corrected chi connectivity index (χ1v) is 5.42. The summed E-state index contributed by atoms with van der Waals surface area (Å²) in [4.78, 5) is 23.3. The van der Waals surface area contributed by atoms with Crippen molar-refractivity contribution >= 4 is 11.7 Å². The van der Waals surface area contributed by atoms with Crippen LogP contribution < -0.4 is 5.43 Å². The molecule has 0 saturated carbocycles. The van der Waals surface area contributed by atoms with Crippen LogP contribution in [0.3, 0.4) is 0 Å². The summed E-state index contributed by atoms with van der Waals surface area (Å²) in [6.45, 7) is 1.65. The maximum Gasteiger partial charge on any atom is 0.306 e. The van der Waals surface area contributed by atoms with Gasteiger partial charge >= 0.3 is 5.91 Å². The van der Waals surface area contributed by atoms with Gasteiger partial charge in [-0.25, -0.2) is 5.01 Å². The molecule has 4 nitrogen and oxygen atoms in total. The molecule has 0 spiro atoms. The van der Waals surface area contributed by atoms with Gasteiger partial charge in [-0.15, -0.1) is 0 Å². The van der Waals surface area contributed by atoms with Crippen molar-refractivity contribution in [3.8, 4) is 0 Å². The Morgan fingerprint density at radius 3 is 2.31 bits per heavy atom. The molecule has 1 saturated heterocycles. The molecular weight excluding hydrogens is 204 g/mol. The van der Waals surface area contributed by atoms with Gasteiger partial charge in [0.1, 0.15) is 0 Å². The average molecular weight is 218 g/mol. The van der Waals surface area contributed by atoms with Gasteiger partial charge in [-0.2, -0.15) is 0 Å². The second-order valence-corrected chi connectivity index (χ2v) is 3.83. The van der Waals surface area contributed by atoms with E-state index >= 15 is 0 Å². The minimum Gasteiger partial charge on any atom is -0.283 e. The molecule has 1 amide bonds. The number of hydrogen-bond donors (Lipinski definition) is 1. The van der Waals surface area contributed by atoms with Crippen LogP contribution in [0, 0.1) is 0 Å². The number of nitrogens with zero attached hydrogens (tertiary/aromatic N) is 1. The number of benzene rings is 1. The molecule has 1 aromatic carbocycles. The number of hydrazine groups is 1. The summed E-state index contributed by atoms with van der Waals surface area (Å²) in [5.41, 5.74) is 3.05. The summed E-state index contributed by atoms with van der Waals surface area (Å²) < 4.78 is 0. The Morgan fingerprint density at radius 1 is 1.06 bits per heavy atom. The normalized spacial score (nSPS) is 16.0. The van der Waals surface area contributed by atoms with Crippen LogP contribution in [-0.2, 0) is 4.79 Å². The summed E-state index contributed by atoms with van der Waals surface area (Å²) in [5.74, 6) is -1.03. The van der Waals surface area contributed by atoms with Gasteiger partial charge in [-0.1, -0.05) is 30.3 Å². The third-order valence-corrected chi connectivity index (χ3v) is 2.61. The summed E-state index contributed by atoms with van der Waals surface area (Å²) in [6, 6.07) is 8.60. The fourth-order valence-electron chi connectivity index (χ4n) is 1.74. The van der Waals surface area contributed by atoms with Crippen molar-refractivity contribution in [1.82, 2.24) is 10.4 Å². The highest BCUT2D eigenvalue weighted by molar-refractivity contribution is 6.42. The molecule has 0 aromatic heterocycles. The Morgan fingerprint density at radius 2 is 1.69 bits per heavy atom. The number of carbonyl (C=O) groups is 2. The third-order valence-electron chi connectivity index (χ3n) is 2.61. The van der Waals surface area contributed by atoms with Crippen molar-refractivity contribution in [3.63, 3.8) is 0 Å². The lowest BCUT2D eigenvalue weighted by Gasteiger charge is -2.15. The molecule has 0 aliphatic carbocycles. The van der Waals surface area contributed by atoms with Gasteiger partial charge in [0.25, 0.3) is 5.78 Å². The minimum atomic E-state index is -0.548. The van der Waals surface area contributed by atoms with Crippen LogP contribution in [0.1, 0.15) is 23.2 Å². The van der Waals surface area contributed by atoms with E-state index in [2.05, 4.69) is 5.43 Å². The lowest BCUT2D eigenvalue weighted by atomic mass is 10.1. The number of ketones is 1. The molecule has 0 unspecified atom stereocenters. The smallest absolute Gasteiger partial charge is 0.283 e. The molecule has 0 bridgehead atoms. The Kier molecular flexibility index (Phi) is 3.31. The Balaban J connectivity index is 1.97. The topological polar surface area (TPSA) is 49.4 Å². The molecule has 0 atom stereocenters. The Bertz CT molecular complexity index is 383. The number of carbonyl (C=O) groups excluding carboxylic acids is 2. The molecule has 2 rings (SSSR count). The van der Waals surface area contributed by atoms with Crippen molar-refractivity contribution in [2.45, 2.75) is 12.8 Å². The van der Waals surface area contributed by atoms with Gasteiger partial charge in [0.15, 0.2) is 0 Å². The second-order valence-electron chi connectivity index (χ2n) is 3.83. The second kappa shape index (κ2) is 4.90. The molecule has 1 aliphatic heterocycles. The van der Waals surface area contributed by atoms with Crippen LogP contribution >= 0.6 is 0 Å². The van der Waals surface area contributed by atoms with Crippen molar-refractivity contribution in [1.29, 1.82) is 0 Å². The van der Waals surface area contributed by atoms with Crippen LogP contribution in [0.25, 0.3) is 0 Å². The molecule has 4 heteroatoms. The van der Waals surface area contributed by atoms with E-state index in [1.807, 2.05) is 6.07 Å². The monoisotopic (exact) mass is 218 g/mol. The highest BCUT2D eigenvalue weighted by atomic mass is 16.2. The summed E-state index contributed by atoms with van der Waals surface area (Å²) in [7, 11) is 0. The predicted molar refractivity (Wildman–Crippen MR) is 59.7 cm³/mol. The van der Waals surface area contributed by atoms with Crippen molar-refractivity contribution in [2.75, 3.05) is 13.1 Å². The minimum absolute atomic E-state index is 0.430. The van der Waals surface area contributed by atoms with E-state index in [0.29, 0.717) is 5.56 Å². The average Bonchev–Trinajstić information content (AvgIpc) is 2.82. The quantitative estimate of drug-likeness (QED) is 0.608. The van der Waals surface area contributed by atoms with Crippen molar-refractivity contribution in [3.05, 3.63) is 35.9 Å². The maximum atomic E-state index is 11.7. The lowest BCUT2D eigenvalue weighted by Crippen LogP contribution is -2.43. The van der Waals surface area contributed by atoms with Gasteiger partial charge in [0.2, 0.25) is 0 Å². The first-order valence-electron chi connectivity index (χ1n) is 5.42. The summed E-state index contributed by atoms with van der Waals surface area (Å²) in [5, 5.41) is 1.79. The van der Waals surface area contributed by atoms with Crippen LogP contribution in [0.15, 0.2) is 30.3 Å². The van der Waals surface area contributed by atoms with Gasteiger partial charge in [0.05, 0.1) is 0 Å². The largest absolute Gasteiger partial charge is 0.306 e. The first kappa shape index (κ1) is 10.8. The van der Waals surface area contributed by atoms with E-state index in [9.17, 15) is 9.59 Å². The predicted octanol–water partition coefficient (Wildman–Crippen LogP) is 0.996. The SMILES string of the molecule is O=C(NN1CCCC1)C(=O)c1ccccc1. The van der Waals surface area contributed by atoms with Crippen LogP contribution in [0.5, 0.6) is 0 Å². The number of hydrogen-bond acceptors (Lipinski definition) is 3. The molecule has 1 heterocycles. The van der Waals surface area contributed by atoms with Crippen molar-refractivity contribution < 1.29 is 9.59 Å². The highest BCUT2D eigenvalue weighted by Crippen LogP contribution is 2.05. The van der Waals surface area contributed by atoms with Crippen molar-refractivity contribution in [2.24, 2.45) is 0 Å². The molecule has 1 N–H and O–H groups in total. The van der Waals surface area contributed by atoms with E-state index in [1.54, 1.807) is 29.3 Å². The standard InChI is InChI=1S/C12H14N2O2/c15-11(10-6-2-1-3-7-10)12(16)13-14-8-4-5-9-14/h1-3,6-7H,4-5,8-9H2,(H,13,16). The lowest BCUT2D eigenvalue weighted by molar-refractivity contribution is -0.121. The maximum absolute atomic E-state index is 11.7. The van der Waals surface area contributed by atoms with Gasteiger partial charge in [-0.3, -0.25) is 15.0 Å². The molecule has 84 valence electrons. The van der Waals surface area contributed by atoms with E-state index in [4.69, 9.17) is 0 Å². The van der Waals surface area contributed by atoms with Crippen LogP contribution in [0.2, 0.25) is 0 Å². The molecular formula is C12H14N2O2. The molecule has 16 heavy (non-hydrogen) atoms. The van der Waals surface area contributed by atoms with Crippen LogP contribution in [0.4, 0.5) is 0 Å². The summed E-state index contributed by atoms with van der Waals surface area (Å²) in [6.07, 6.45) is 2.14. The van der Waals surface area contributed by atoms with Gasteiger partial charge < -0.3 is 0 Å². The van der Waals surface area contributed by atoms with E-state index in [-0.39, 0.29) is 0 Å². The number of amides is 1. The van der Waals surface area contributed by atoms with E-state index in [1.165, 1.54) is 0 Å². The molecule has 1 aromatic rings. The number of rotatable bonds is 3. The highest BCUT2D eigenvalue weighted by Gasteiger charge is 2.20. The van der Waals surface area contributed by atoms with E-state index in [0.717, 1.165) is 25.9 Å². The summed E-state index contributed by atoms with van der Waals surface area (Å²) >= 11 is 0. The molecule has 0 radical (unpaired) electrons. The first-order chi connectivity index (χ1) is 7.77. The van der Waals surface area contributed by atoms with E-state index < -0.39 is 11.7 Å². The Hall–Kier alpha value is -1.68. The third kappa shape index (κ3) is 2.46. The van der Waals surface area contributed by atoms with Crippen LogP contribution in [-0.4, -0.2) is 29.8 Å². The Labute approximate surface area is 94.2 Å². The zero-order valence-electron chi connectivity index (χ0n) is 8.98. The number of Topliss-reactive ketones (excluding diaryl/α,β-unsaturated/α-hetero) is 1. The molecule has 1 aliphatic rings. The zero-order chi connectivity index (χ0) is 11.4. The number of nitrogens with one attached hydrogen (secondary N) is 1. The van der Waals surface area contributed by atoms with Gasteiger partial charge in [0, 0.05) is 18.7 Å².